The summed E-state index contributed by atoms with van der Waals surface area (Å²) in [5, 5.41) is 18.9. The van der Waals surface area contributed by atoms with Crippen LogP contribution in [0.5, 0.6) is 0 Å². The molecule has 0 spiro atoms. The lowest BCUT2D eigenvalue weighted by Gasteiger charge is -2.24. The summed E-state index contributed by atoms with van der Waals surface area (Å²) < 4.78 is 155. The molecule has 5 aliphatic heterocycles. The topological polar surface area (TPSA) is 343 Å². The third kappa shape index (κ3) is 27.9. The fourth-order valence-corrected chi connectivity index (χ4v) is 25.8. The van der Waals surface area contributed by atoms with Gasteiger partial charge in [-0.25, -0.2) is 42.1 Å². The number of nitrogens with zero attached hydrogens (tertiary/aromatic N) is 5. The van der Waals surface area contributed by atoms with Crippen molar-refractivity contribution >= 4 is 114 Å². The normalized spacial score (nSPS) is 17.8. The van der Waals surface area contributed by atoms with Crippen LogP contribution in [0.4, 0.5) is 28.4 Å². The number of aryl methyl sites for hydroxylation is 2. The van der Waals surface area contributed by atoms with Crippen LogP contribution in [0.15, 0.2) is 243 Å². The fourth-order valence-electron chi connectivity index (χ4n) is 17.7. The number of ether oxygens (including phenoxy) is 3. The lowest BCUT2D eigenvalue weighted by molar-refractivity contribution is -0.193. The number of para-hydroxylation sites is 3. The highest BCUT2D eigenvalue weighted by Gasteiger charge is 2.41. The van der Waals surface area contributed by atoms with Crippen molar-refractivity contribution in [2.24, 2.45) is 5.92 Å². The van der Waals surface area contributed by atoms with E-state index in [9.17, 15) is 42.1 Å². The quantitative estimate of drug-likeness (QED) is 0.0245. The predicted octanol–water partition coefficient (Wildman–Crippen LogP) is 19.1. The Morgan fingerprint density at radius 3 is 1.02 bits per heavy atom. The summed E-state index contributed by atoms with van der Waals surface area (Å²) in [5.41, 5.74) is 14.0. The minimum absolute atomic E-state index is 0.116. The molecule has 0 aromatic heterocycles. The van der Waals surface area contributed by atoms with Gasteiger partial charge in [0, 0.05) is 85.9 Å². The maximum absolute atomic E-state index is 13.3. The molecule has 0 saturated heterocycles. The molecule has 7 atom stereocenters. The number of unbranched alkanes of at least 4 members (excludes halogenated alkanes) is 10. The first-order chi connectivity index (χ1) is 66.6. The highest BCUT2D eigenvalue weighted by molar-refractivity contribution is 7.94. The molecule has 0 radical (unpaired) electrons. The first-order valence-corrected chi connectivity index (χ1v) is 55.0. The van der Waals surface area contributed by atoms with E-state index in [4.69, 9.17) is 56.6 Å². The maximum atomic E-state index is 13.3. The van der Waals surface area contributed by atoms with Crippen LogP contribution in [0, 0.1) is 19.8 Å². The molecule has 5 aliphatic rings. The Labute approximate surface area is 833 Å². The molecule has 0 bridgehead atoms. The summed E-state index contributed by atoms with van der Waals surface area (Å²) >= 11 is 12.3. The Balaban J connectivity index is 0.000000191. The van der Waals surface area contributed by atoms with Gasteiger partial charge in [-0.1, -0.05) is 254 Å². The van der Waals surface area contributed by atoms with E-state index in [0.717, 1.165) is 124 Å². The number of rotatable bonds is 32. The number of hydrogen-bond acceptors (Lipinski definition) is 22. The molecule has 0 aliphatic carbocycles. The molecule has 5 heterocycles. The number of sulfonamides is 5. The molecule has 10 aromatic carbocycles. The second-order valence-corrected chi connectivity index (χ2v) is 45.1. The van der Waals surface area contributed by atoms with Crippen molar-refractivity contribution in [3.63, 3.8) is 0 Å². The smallest absolute Gasteiger partial charge is 0.373 e. The van der Waals surface area contributed by atoms with Gasteiger partial charge in [0.1, 0.15) is 0 Å². The average Bonchev–Trinajstić information content (AvgIpc) is 1.62. The fraction of sp³-hybridized carbons (Fsp3) is 0.410. The summed E-state index contributed by atoms with van der Waals surface area (Å²) in [5.74, 6) is 0.318. The largest absolute Gasteiger partial charge is 0.385 e. The van der Waals surface area contributed by atoms with E-state index < -0.39 is 50.1 Å². The van der Waals surface area contributed by atoms with E-state index in [0.29, 0.717) is 89.5 Å². The van der Waals surface area contributed by atoms with Crippen molar-refractivity contribution in [2.75, 3.05) is 124 Å². The van der Waals surface area contributed by atoms with E-state index in [2.05, 4.69) is 53.4 Å². The van der Waals surface area contributed by atoms with Crippen LogP contribution in [-0.4, -0.2) is 162 Å². The van der Waals surface area contributed by atoms with E-state index in [1.54, 1.807) is 110 Å². The highest BCUT2D eigenvalue weighted by atomic mass is 35.5. The number of nitrogens with one attached hydrogen (secondary N) is 5. The number of benzene rings is 10. The SMILES string of the molecule is CCCCCCCCNC1c2ccc(Cl)cc2N(C)S(=O)(=O)c2ccccc21.CCCCCCCCNC1c2ccccc2N(CC)S(=O)(=O)c2ccccc21.COC(C)CCNC1c2ccccc2N(C)S(=O)(=O)c2cc(C)ccc21.COCC(C)CNC1c2ccccc2N(C)S(=O)(=O)c2cc(C)ccc21.COCCCNC1c2ccc(Cl)cc2N(C)S(=O)(=O)c2ccccc21.O=C=O.O=C=O. The predicted molar refractivity (Wildman–Crippen MR) is 551 cm³/mol. The molecule has 0 fully saturated rings. The van der Waals surface area contributed by atoms with Gasteiger partial charge < -0.3 is 40.8 Å². The van der Waals surface area contributed by atoms with Crippen LogP contribution < -0.4 is 48.1 Å². The highest BCUT2D eigenvalue weighted by Crippen LogP contribution is 2.47. The van der Waals surface area contributed by atoms with E-state index in [1.165, 1.54) is 85.7 Å². The number of hydrogen-bond donors (Lipinski definition) is 5. The first kappa shape index (κ1) is 113. The van der Waals surface area contributed by atoms with Crippen LogP contribution in [0.2, 0.25) is 10.0 Å². The standard InChI is InChI=1S/C23H32N2O2S.C22H29ClN2O2S.2C20H26N2O3S.C18H21ClN2O3S.2CO2/c1-3-5-6-7-8-13-18-24-23-19-14-9-11-16-21(19)25(4-2)28(26,27)22-17-12-10-15-20(22)23;1-3-4-5-6-7-10-15-24-22-18-14-13-17(23)16-20(18)25(2)28(26,27)21-12-9-8-11-19(21)22;1-14-9-10-17-19(11-14)26(23,24)22(3)18-8-6-5-7-16(18)20(17)21-12-15(2)13-25-4;1-14-9-10-17-19(13-14)26(23,24)22(3)18-8-6-5-7-16(18)20(17)21-12-11-15(2)25-4;1-21-16-12-13(19)8-9-14(16)18(20-10-5-11-24-2)15-6-3-4-7-17(15)25(21,22)23;2*2-1-3/h9-12,14-17,23-24H,3-8,13,18H2,1-2H3;8-9,11-14,16,22,24H,3-7,10,15H2,1-2H3;5-11,15,20-21H,12-13H2,1-4H3;5-10,13,15,20-21H,11-12H2,1-4H3;3-4,6-9,12,18,20H,5,10-11H2,1-2H3;;. The number of fused-ring (bicyclic) bond motifs is 10. The number of halogens is 2. The van der Waals surface area contributed by atoms with Crippen LogP contribution in [0.1, 0.15) is 221 Å². The van der Waals surface area contributed by atoms with Crippen LogP contribution in [0.25, 0.3) is 0 Å². The van der Waals surface area contributed by atoms with Gasteiger partial charge >= 0.3 is 12.3 Å². The minimum atomic E-state index is -3.65. The Bertz CT molecular complexity index is 6400. The zero-order chi connectivity index (χ0) is 101. The summed E-state index contributed by atoms with van der Waals surface area (Å²) in [6.45, 7) is 19.9. The van der Waals surface area contributed by atoms with E-state index >= 15 is 0 Å². The third-order valence-electron chi connectivity index (χ3n) is 25.1. The second-order valence-electron chi connectivity index (χ2n) is 34.7. The van der Waals surface area contributed by atoms with Crippen molar-refractivity contribution < 1.29 is 75.5 Å². The van der Waals surface area contributed by atoms with Crippen molar-refractivity contribution in [3.8, 4) is 0 Å². The van der Waals surface area contributed by atoms with Gasteiger partial charge in [0.25, 0.3) is 50.1 Å². The second kappa shape index (κ2) is 53.7. The molecule has 0 amide bonds. The van der Waals surface area contributed by atoms with Gasteiger partial charge in [0.2, 0.25) is 0 Å². The molecule has 139 heavy (non-hydrogen) atoms. The molecule has 7 unspecified atom stereocenters. The Morgan fingerprint density at radius 2 is 0.640 bits per heavy atom. The van der Waals surface area contributed by atoms with Crippen molar-refractivity contribution in [2.45, 2.75) is 199 Å². The Morgan fingerprint density at radius 1 is 0.338 bits per heavy atom. The third-order valence-corrected chi connectivity index (χ3v) is 34.9. The Hall–Kier alpha value is -10.0. The average molecular weight is 2040 g/mol. The van der Waals surface area contributed by atoms with Crippen LogP contribution in [-0.2, 0) is 83.5 Å². The van der Waals surface area contributed by atoms with Crippen LogP contribution in [0.3, 0.4) is 0 Å². The molecule has 0 saturated carbocycles. The van der Waals surface area contributed by atoms with Gasteiger partial charge in [0.15, 0.2) is 0 Å². The monoisotopic (exact) mass is 2040 g/mol. The van der Waals surface area contributed by atoms with Crippen molar-refractivity contribution in [3.05, 3.63) is 295 Å². The zero-order valence-corrected chi connectivity index (χ0v) is 87.5. The Kier molecular flexibility index (Phi) is 43.5. The van der Waals surface area contributed by atoms with Gasteiger partial charge in [-0.15, -0.1) is 0 Å². The molecular weight excluding hydrogens is 1900 g/mol. The van der Waals surface area contributed by atoms with Crippen molar-refractivity contribution in [1.29, 1.82) is 0 Å². The summed E-state index contributed by atoms with van der Waals surface area (Å²) in [7, 11) is -6.60. The lowest BCUT2D eigenvalue weighted by atomic mass is 9.95. The van der Waals surface area contributed by atoms with Gasteiger partial charge in [-0.3, -0.25) is 21.5 Å². The number of anilines is 5. The maximum Gasteiger partial charge on any atom is 0.373 e. The molecule has 15 rings (SSSR count). The summed E-state index contributed by atoms with van der Waals surface area (Å²) in [6.07, 6.45) is 17.1. The molecule has 5 N–H and O–H groups in total. The molecular formula is C105H134Cl2N10O17S5. The lowest BCUT2D eigenvalue weighted by Crippen LogP contribution is -2.30. The molecule has 10 aromatic rings. The van der Waals surface area contributed by atoms with E-state index in [-0.39, 0.29) is 48.6 Å². The number of methoxy groups -OCH3 is 3. The van der Waals surface area contributed by atoms with Gasteiger partial charge in [0.05, 0.1) is 89.2 Å². The summed E-state index contributed by atoms with van der Waals surface area (Å²) in [4.78, 5) is 34.3. The molecule has 27 nitrogen and oxygen atoms in total. The molecule has 750 valence electrons. The van der Waals surface area contributed by atoms with Gasteiger partial charge in [-0.05, 0) is 225 Å². The number of carbonyl (C=O) groups excluding carboxylic acids is 4. The van der Waals surface area contributed by atoms with E-state index in [1.807, 2.05) is 179 Å². The first-order valence-electron chi connectivity index (χ1n) is 47.1. The molecule has 34 heteroatoms. The van der Waals surface area contributed by atoms with Crippen molar-refractivity contribution in [1.82, 2.24) is 26.6 Å². The van der Waals surface area contributed by atoms with Crippen LogP contribution >= 0.6 is 23.2 Å². The minimum Gasteiger partial charge on any atom is -0.385 e. The zero-order valence-electron chi connectivity index (χ0n) is 81.9. The summed E-state index contributed by atoms with van der Waals surface area (Å²) in [6, 6.07) is 66.3. The van der Waals surface area contributed by atoms with Gasteiger partial charge in [-0.2, -0.15) is 19.2 Å².